The molecule has 1 heterocycles. The third-order valence-electron chi connectivity index (χ3n) is 9.18. The zero-order valence-corrected chi connectivity index (χ0v) is 25.4. The fourth-order valence-corrected chi connectivity index (χ4v) is 10.2. The van der Waals surface area contributed by atoms with Crippen molar-refractivity contribution in [2.24, 2.45) is 17.8 Å². The largest absolute Gasteiger partial charge is 0.388 e. The fraction of sp³-hybridized carbons (Fsp3) is 0.375. The predicted molar refractivity (Wildman–Crippen MR) is 158 cm³/mol. The second-order valence-corrected chi connectivity index (χ2v) is 14.5. The minimum Gasteiger partial charge on any atom is -0.388 e. The van der Waals surface area contributed by atoms with Crippen molar-refractivity contribution in [2.75, 3.05) is 11.9 Å². The summed E-state index contributed by atoms with van der Waals surface area (Å²) in [4.78, 5) is 18.5. The molecule has 3 aliphatic rings. The van der Waals surface area contributed by atoms with Gasteiger partial charge >= 0.3 is 0 Å². The molecule has 2 bridgehead atoms. The molecule has 0 radical (unpaired) electrons. The lowest BCUT2D eigenvalue weighted by molar-refractivity contribution is -0.191. The first kappa shape index (κ1) is 31.5. The second kappa shape index (κ2) is 12.0. The van der Waals surface area contributed by atoms with Gasteiger partial charge in [0.15, 0.2) is 27.3 Å². The molecule has 1 aliphatic heterocycles. The summed E-state index contributed by atoms with van der Waals surface area (Å²) in [6.45, 7) is 0.472. The van der Waals surface area contributed by atoms with Crippen LogP contribution in [-0.2, 0) is 21.2 Å². The average molecular weight is 660 g/mol. The molecule has 4 atom stereocenters. The number of aliphatic hydroxyl groups is 1. The zero-order chi connectivity index (χ0) is 32.1. The number of anilines is 1. The molecule has 45 heavy (non-hydrogen) atoms. The summed E-state index contributed by atoms with van der Waals surface area (Å²) in [6.07, 6.45) is 1.34. The van der Waals surface area contributed by atoms with E-state index in [1.54, 1.807) is 5.06 Å². The summed E-state index contributed by atoms with van der Waals surface area (Å²) in [5, 5.41) is 24.9. The minimum atomic E-state index is -4.13. The van der Waals surface area contributed by atoms with Crippen molar-refractivity contribution in [3.05, 3.63) is 94.3 Å². The van der Waals surface area contributed by atoms with E-state index in [0.29, 0.717) is 31.5 Å². The summed E-state index contributed by atoms with van der Waals surface area (Å²) in [6, 6.07) is 16.0. The maximum absolute atomic E-state index is 14.2. The van der Waals surface area contributed by atoms with Crippen LogP contribution in [0.3, 0.4) is 0 Å². The standard InChI is InChI=1S/C32H29ClF3N3O5S/c33-24-9-8-19(31(40)38-23-11-25(34)28(36)26(35)12-23)10-27(24)45(42,43)29-20-6-7-21(29)14-32(41,13-20)30-22(15-37)17-44-39(30)16-18-4-2-1-3-5-18/h1-5,8-12,20-22,29-30,41H,6-7,13-14,16-17H2,(H,38,40)/t20?,21?,22?,29-,30?,32-. The van der Waals surface area contributed by atoms with Gasteiger partial charge in [-0.05, 0) is 61.3 Å². The summed E-state index contributed by atoms with van der Waals surface area (Å²) in [5.74, 6) is -7.06. The van der Waals surface area contributed by atoms with E-state index in [9.17, 15) is 36.8 Å². The molecule has 2 aliphatic carbocycles. The van der Waals surface area contributed by atoms with Crippen molar-refractivity contribution in [1.29, 1.82) is 5.26 Å². The SMILES string of the molecule is N#CC1CON(Cc2ccccc2)C1[C@]1(O)CC2CCC(C1)[C@H]2S(=O)(=O)c1cc(C(=O)Nc2cc(F)c(F)c(F)c2)ccc1Cl. The van der Waals surface area contributed by atoms with Gasteiger partial charge in [-0.2, -0.15) is 10.3 Å². The molecule has 2 N–H and O–H groups in total. The Hall–Kier alpha value is -3.47. The van der Waals surface area contributed by atoms with Crippen molar-refractivity contribution in [2.45, 2.75) is 54.0 Å². The molecule has 0 spiro atoms. The van der Waals surface area contributed by atoms with E-state index >= 15 is 0 Å². The fourth-order valence-electron chi connectivity index (χ4n) is 7.36. The Morgan fingerprint density at radius 2 is 1.71 bits per heavy atom. The monoisotopic (exact) mass is 659 g/mol. The molecule has 3 aromatic rings. The lowest BCUT2D eigenvalue weighted by atomic mass is 9.70. The number of amides is 1. The molecule has 2 saturated carbocycles. The first-order valence-electron chi connectivity index (χ1n) is 14.5. The lowest BCUT2D eigenvalue weighted by Crippen LogP contribution is -2.57. The van der Waals surface area contributed by atoms with Crippen molar-refractivity contribution in [3.63, 3.8) is 0 Å². The Kier molecular flexibility index (Phi) is 8.43. The topological polar surface area (TPSA) is 120 Å². The lowest BCUT2D eigenvalue weighted by Gasteiger charge is -2.46. The minimum absolute atomic E-state index is 0.103. The van der Waals surface area contributed by atoms with Crippen LogP contribution in [0.4, 0.5) is 18.9 Å². The highest BCUT2D eigenvalue weighted by Gasteiger charge is 2.60. The number of fused-ring (bicyclic) bond motifs is 2. The number of nitrogens with zero attached hydrogens (tertiary/aromatic N) is 2. The number of carbonyl (C=O) groups excluding carboxylic acids is 1. The maximum atomic E-state index is 14.2. The number of rotatable bonds is 7. The van der Waals surface area contributed by atoms with Crippen molar-refractivity contribution in [1.82, 2.24) is 5.06 Å². The smallest absolute Gasteiger partial charge is 0.255 e. The van der Waals surface area contributed by atoms with Crippen LogP contribution in [-0.4, -0.2) is 48.0 Å². The number of hydrogen-bond acceptors (Lipinski definition) is 7. The average Bonchev–Trinajstić information content (AvgIpc) is 3.55. The summed E-state index contributed by atoms with van der Waals surface area (Å²) in [7, 11) is -4.13. The molecular formula is C32H29ClF3N3O5S. The van der Waals surface area contributed by atoms with Gasteiger partial charge in [0, 0.05) is 29.9 Å². The van der Waals surface area contributed by atoms with E-state index in [0.717, 1.165) is 11.6 Å². The maximum Gasteiger partial charge on any atom is 0.255 e. The van der Waals surface area contributed by atoms with E-state index < -0.39 is 67.8 Å². The normalized spacial score (nSPS) is 28.1. The van der Waals surface area contributed by atoms with E-state index in [2.05, 4.69) is 11.4 Å². The molecule has 1 amide bonds. The number of nitrogens with one attached hydrogen (secondary N) is 1. The van der Waals surface area contributed by atoms with Gasteiger partial charge in [-0.3, -0.25) is 9.63 Å². The van der Waals surface area contributed by atoms with Gasteiger partial charge in [0.25, 0.3) is 5.91 Å². The van der Waals surface area contributed by atoms with Crippen molar-refractivity contribution < 1.29 is 36.3 Å². The van der Waals surface area contributed by atoms with Gasteiger partial charge in [-0.1, -0.05) is 41.9 Å². The molecule has 236 valence electrons. The Morgan fingerprint density at radius 3 is 2.33 bits per heavy atom. The molecule has 3 fully saturated rings. The van der Waals surface area contributed by atoms with Gasteiger partial charge in [0.1, 0.15) is 0 Å². The number of sulfone groups is 1. The van der Waals surface area contributed by atoms with Crippen molar-refractivity contribution in [3.8, 4) is 6.07 Å². The second-order valence-electron chi connectivity index (χ2n) is 12.0. The van der Waals surface area contributed by atoms with Crippen LogP contribution in [0.2, 0.25) is 5.02 Å². The van der Waals surface area contributed by atoms with E-state index in [1.165, 1.54) is 12.1 Å². The molecule has 3 aromatic carbocycles. The highest BCUT2D eigenvalue weighted by molar-refractivity contribution is 7.92. The van der Waals surface area contributed by atoms with Gasteiger partial charge in [-0.25, -0.2) is 21.6 Å². The van der Waals surface area contributed by atoms with Crippen LogP contribution in [0.5, 0.6) is 0 Å². The highest BCUT2D eigenvalue weighted by atomic mass is 35.5. The van der Waals surface area contributed by atoms with Crippen LogP contribution in [0.25, 0.3) is 0 Å². The molecule has 6 rings (SSSR count). The highest BCUT2D eigenvalue weighted by Crippen LogP contribution is 2.54. The van der Waals surface area contributed by atoms with Gasteiger partial charge in [0.2, 0.25) is 0 Å². The summed E-state index contributed by atoms with van der Waals surface area (Å²) in [5.41, 5.74) is -0.931. The van der Waals surface area contributed by atoms with Crippen molar-refractivity contribution >= 4 is 33.0 Å². The molecule has 4 unspecified atom stereocenters. The van der Waals surface area contributed by atoms with Crippen LogP contribution in [0.15, 0.2) is 65.6 Å². The van der Waals surface area contributed by atoms with Gasteiger partial charge in [-0.15, -0.1) is 0 Å². The third kappa shape index (κ3) is 5.84. The zero-order valence-electron chi connectivity index (χ0n) is 23.8. The number of carbonyl (C=O) groups is 1. The number of nitriles is 1. The van der Waals surface area contributed by atoms with Crippen LogP contribution < -0.4 is 5.32 Å². The van der Waals surface area contributed by atoms with E-state index in [4.69, 9.17) is 16.4 Å². The molecule has 13 heteroatoms. The van der Waals surface area contributed by atoms with Crippen LogP contribution >= 0.6 is 11.6 Å². The number of hydroxylamine groups is 2. The first-order chi connectivity index (χ1) is 21.4. The Morgan fingerprint density at radius 1 is 1.07 bits per heavy atom. The summed E-state index contributed by atoms with van der Waals surface area (Å²) < 4.78 is 69.0. The Bertz CT molecular complexity index is 1750. The Labute approximate surface area is 263 Å². The molecule has 8 nitrogen and oxygen atoms in total. The van der Waals surface area contributed by atoms with Crippen LogP contribution in [0, 0.1) is 46.5 Å². The summed E-state index contributed by atoms with van der Waals surface area (Å²) >= 11 is 6.37. The Balaban J connectivity index is 1.25. The van der Waals surface area contributed by atoms with Gasteiger partial charge < -0.3 is 10.4 Å². The number of benzene rings is 3. The number of halogens is 4. The van der Waals surface area contributed by atoms with Gasteiger partial charge in [0.05, 0.1) is 45.4 Å². The number of hydrogen-bond donors (Lipinski definition) is 2. The first-order valence-corrected chi connectivity index (χ1v) is 16.4. The predicted octanol–water partition coefficient (Wildman–Crippen LogP) is 5.66. The molecular weight excluding hydrogens is 631 g/mol. The third-order valence-corrected chi connectivity index (χ3v) is 12.1. The van der Waals surface area contributed by atoms with E-state index in [1.807, 2.05) is 30.3 Å². The quantitative estimate of drug-likeness (QED) is 0.314. The van der Waals surface area contributed by atoms with Crippen LogP contribution in [0.1, 0.15) is 41.6 Å². The molecule has 0 aromatic heterocycles. The van der Waals surface area contributed by atoms with E-state index in [-0.39, 0.29) is 40.6 Å². The molecule has 1 saturated heterocycles.